The predicted octanol–water partition coefficient (Wildman–Crippen LogP) is 2.97. The van der Waals surface area contributed by atoms with Crippen molar-refractivity contribution in [2.75, 3.05) is 5.32 Å². The number of aromatic nitrogens is 2. The molecule has 3 aromatic rings. The summed E-state index contributed by atoms with van der Waals surface area (Å²) in [5, 5.41) is 2.94. The molecule has 6 nitrogen and oxygen atoms in total. The van der Waals surface area contributed by atoms with Crippen LogP contribution in [0, 0.1) is 6.92 Å². The lowest BCUT2D eigenvalue weighted by Crippen LogP contribution is -2.42. The van der Waals surface area contributed by atoms with Crippen LogP contribution in [0.15, 0.2) is 44.4 Å². The fourth-order valence-corrected chi connectivity index (χ4v) is 4.37. The van der Waals surface area contributed by atoms with Crippen LogP contribution < -0.4 is 16.4 Å². The molecule has 27 heavy (non-hydrogen) atoms. The zero-order valence-corrected chi connectivity index (χ0v) is 16.6. The van der Waals surface area contributed by atoms with E-state index in [1.54, 1.807) is 13.1 Å². The first-order valence-electron chi connectivity index (χ1n) is 8.71. The Bertz CT molecular complexity index is 1220. The number of benzene rings is 2. The van der Waals surface area contributed by atoms with Gasteiger partial charge in [-0.1, -0.05) is 12.1 Å². The van der Waals surface area contributed by atoms with Gasteiger partial charge in [0, 0.05) is 23.8 Å². The zero-order chi connectivity index (χ0) is 19.3. The van der Waals surface area contributed by atoms with E-state index in [1.165, 1.54) is 9.13 Å². The van der Waals surface area contributed by atoms with E-state index >= 15 is 0 Å². The van der Waals surface area contributed by atoms with Crippen molar-refractivity contribution in [3.63, 3.8) is 0 Å². The molecule has 0 saturated heterocycles. The molecule has 138 valence electrons. The van der Waals surface area contributed by atoms with Crippen LogP contribution >= 0.6 is 15.9 Å². The molecule has 1 aromatic heterocycles. The third-order valence-electron chi connectivity index (χ3n) is 5.01. The molecule has 4 rings (SSSR count). The summed E-state index contributed by atoms with van der Waals surface area (Å²) >= 11 is 3.50. The predicted molar refractivity (Wildman–Crippen MR) is 109 cm³/mol. The van der Waals surface area contributed by atoms with Gasteiger partial charge in [-0.2, -0.15) is 0 Å². The number of hydrogen-bond acceptors (Lipinski definition) is 3. The van der Waals surface area contributed by atoms with E-state index in [9.17, 15) is 14.4 Å². The molecule has 1 N–H and O–H groups in total. The SMILES string of the molecule is Cc1cccc(NC(=O)c2c(Br)cc3c4c2CCCn4c(=O)c(=O)n3C)c1. The normalized spacial score (nSPS) is 13.0. The maximum absolute atomic E-state index is 13.0. The number of rotatable bonds is 2. The largest absolute Gasteiger partial charge is 0.322 e. The third-order valence-corrected chi connectivity index (χ3v) is 5.63. The van der Waals surface area contributed by atoms with Crippen LogP contribution in [0.25, 0.3) is 11.0 Å². The smallest absolute Gasteiger partial charge is 0.316 e. The van der Waals surface area contributed by atoms with Gasteiger partial charge in [-0.05, 0) is 65.0 Å². The van der Waals surface area contributed by atoms with E-state index < -0.39 is 11.1 Å². The number of aryl methyl sites for hydroxylation is 4. The van der Waals surface area contributed by atoms with Crippen molar-refractivity contribution in [2.45, 2.75) is 26.3 Å². The summed E-state index contributed by atoms with van der Waals surface area (Å²) in [5.41, 5.74) is 3.29. The Morgan fingerprint density at radius 2 is 1.96 bits per heavy atom. The Morgan fingerprint density at radius 1 is 1.19 bits per heavy atom. The molecule has 2 aromatic carbocycles. The van der Waals surface area contributed by atoms with E-state index in [0.717, 1.165) is 11.1 Å². The van der Waals surface area contributed by atoms with E-state index in [-0.39, 0.29) is 5.91 Å². The van der Waals surface area contributed by atoms with Crippen LogP contribution in [-0.4, -0.2) is 15.0 Å². The second-order valence-electron chi connectivity index (χ2n) is 6.83. The van der Waals surface area contributed by atoms with Gasteiger partial charge in [0.1, 0.15) is 0 Å². The molecular formula is C20H18BrN3O3. The summed E-state index contributed by atoms with van der Waals surface area (Å²) < 4.78 is 3.47. The van der Waals surface area contributed by atoms with Gasteiger partial charge >= 0.3 is 11.1 Å². The monoisotopic (exact) mass is 427 g/mol. The zero-order valence-electron chi connectivity index (χ0n) is 15.0. The van der Waals surface area contributed by atoms with Crippen molar-refractivity contribution >= 4 is 38.6 Å². The number of amides is 1. The fourth-order valence-electron chi connectivity index (χ4n) is 3.74. The molecule has 2 heterocycles. The van der Waals surface area contributed by atoms with Gasteiger partial charge in [0.05, 0.1) is 16.6 Å². The minimum absolute atomic E-state index is 0.237. The average molecular weight is 428 g/mol. The Morgan fingerprint density at radius 3 is 2.70 bits per heavy atom. The number of carbonyl (C=O) groups is 1. The molecule has 0 fully saturated rings. The lowest BCUT2D eigenvalue weighted by molar-refractivity contribution is 0.102. The first-order chi connectivity index (χ1) is 12.9. The Kier molecular flexibility index (Phi) is 4.26. The number of nitrogens with zero attached hydrogens (tertiary/aromatic N) is 2. The van der Waals surface area contributed by atoms with Crippen molar-refractivity contribution in [3.05, 3.63) is 72.2 Å². The van der Waals surface area contributed by atoms with Crippen LogP contribution in [0.5, 0.6) is 0 Å². The molecule has 7 heteroatoms. The summed E-state index contributed by atoms with van der Waals surface area (Å²) in [6, 6.07) is 9.33. The molecule has 0 saturated carbocycles. The van der Waals surface area contributed by atoms with Gasteiger partial charge in [0.25, 0.3) is 5.91 Å². The number of anilines is 1. The highest BCUT2D eigenvalue weighted by atomic mass is 79.9. The van der Waals surface area contributed by atoms with Crippen LogP contribution in [0.3, 0.4) is 0 Å². The van der Waals surface area contributed by atoms with Crippen molar-refractivity contribution < 1.29 is 4.79 Å². The lowest BCUT2D eigenvalue weighted by Gasteiger charge is -2.23. The molecule has 1 amide bonds. The standard InChI is InChI=1S/C20H18BrN3O3/c1-11-5-3-6-12(9-11)22-18(25)16-13-7-4-8-24-17(13)15(10-14(16)21)23(2)19(26)20(24)27/h3,5-6,9-10H,4,7-8H2,1-2H3,(H,22,25). The average Bonchev–Trinajstić information content (AvgIpc) is 2.63. The van der Waals surface area contributed by atoms with Gasteiger partial charge < -0.3 is 14.5 Å². The molecule has 0 bridgehead atoms. The molecule has 1 aliphatic heterocycles. The highest BCUT2D eigenvalue weighted by Gasteiger charge is 2.25. The molecule has 0 spiro atoms. The molecule has 0 radical (unpaired) electrons. The molecule has 0 aliphatic carbocycles. The first kappa shape index (κ1) is 17.7. The van der Waals surface area contributed by atoms with E-state index in [1.807, 2.05) is 31.2 Å². The number of halogens is 1. The Hall–Kier alpha value is -2.67. The minimum atomic E-state index is -0.556. The quantitative estimate of drug-likeness (QED) is 0.638. The molecule has 0 atom stereocenters. The highest BCUT2D eigenvalue weighted by molar-refractivity contribution is 9.10. The van der Waals surface area contributed by atoms with Gasteiger partial charge in [-0.3, -0.25) is 14.4 Å². The summed E-state index contributed by atoms with van der Waals surface area (Å²) in [4.78, 5) is 37.7. The van der Waals surface area contributed by atoms with Gasteiger partial charge in [-0.15, -0.1) is 0 Å². The van der Waals surface area contributed by atoms with Crippen molar-refractivity contribution in [3.8, 4) is 0 Å². The molecular weight excluding hydrogens is 410 g/mol. The summed E-state index contributed by atoms with van der Waals surface area (Å²) in [6.07, 6.45) is 1.38. The summed E-state index contributed by atoms with van der Waals surface area (Å²) in [6.45, 7) is 2.45. The minimum Gasteiger partial charge on any atom is -0.322 e. The van der Waals surface area contributed by atoms with Crippen LogP contribution in [-0.2, 0) is 20.0 Å². The number of nitrogens with one attached hydrogen (secondary N) is 1. The maximum Gasteiger partial charge on any atom is 0.316 e. The lowest BCUT2D eigenvalue weighted by atomic mass is 9.96. The van der Waals surface area contributed by atoms with Gasteiger partial charge in [0.2, 0.25) is 0 Å². The van der Waals surface area contributed by atoms with Gasteiger partial charge in [0.15, 0.2) is 0 Å². The van der Waals surface area contributed by atoms with E-state index in [0.29, 0.717) is 46.1 Å². The van der Waals surface area contributed by atoms with Crippen LogP contribution in [0.1, 0.15) is 27.9 Å². The number of hydrogen-bond donors (Lipinski definition) is 1. The summed E-state index contributed by atoms with van der Waals surface area (Å²) in [5.74, 6) is -0.237. The maximum atomic E-state index is 13.0. The highest BCUT2D eigenvalue weighted by Crippen LogP contribution is 2.32. The van der Waals surface area contributed by atoms with E-state index in [4.69, 9.17) is 0 Å². The van der Waals surface area contributed by atoms with Crippen molar-refractivity contribution in [1.82, 2.24) is 9.13 Å². The fraction of sp³-hybridized carbons (Fsp3) is 0.250. The number of carbonyl (C=O) groups excluding carboxylic acids is 1. The van der Waals surface area contributed by atoms with Crippen LogP contribution in [0.4, 0.5) is 5.69 Å². The molecule has 1 aliphatic rings. The topological polar surface area (TPSA) is 73.1 Å². The van der Waals surface area contributed by atoms with E-state index in [2.05, 4.69) is 21.2 Å². The second kappa shape index (κ2) is 6.49. The summed E-state index contributed by atoms with van der Waals surface area (Å²) in [7, 11) is 1.58. The van der Waals surface area contributed by atoms with Crippen LogP contribution in [0.2, 0.25) is 0 Å². The first-order valence-corrected chi connectivity index (χ1v) is 9.50. The second-order valence-corrected chi connectivity index (χ2v) is 7.68. The van der Waals surface area contributed by atoms with Gasteiger partial charge in [-0.25, -0.2) is 0 Å². The van der Waals surface area contributed by atoms with Crippen molar-refractivity contribution in [2.24, 2.45) is 7.05 Å². The molecule has 0 unspecified atom stereocenters. The Balaban J connectivity index is 1.95. The third kappa shape index (κ3) is 2.82. The Labute approximate surface area is 163 Å². The van der Waals surface area contributed by atoms with Crippen molar-refractivity contribution in [1.29, 1.82) is 0 Å².